The molecule has 2 aromatic rings. The topological polar surface area (TPSA) is 35.5 Å². The fourth-order valence-electron chi connectivity index (χ4n) is 3.44. The number of hydrogen-bond donors (Lipinski definition) is 0. The van der Waals surface area contributed by atoms with E-state index in [0.717, 1.165) is 30.4 Å². The molecule has 0 heterocycles. The molecule has 3 heteroatoms. The van der Waals surface area contributed by atoms with Crippen LogP contribution in [0.3, 0.4) is 0 Å². The molecule has 1 unspecified atom stereocenters. The highest BCUT2D eigenvalue weighted by Gasteiger charge is 2.22. The second-order valence-corrected chi connectivity index (χ2v) is 7.21. The van der Waals surface area contributed by atoms with Gasteiger partial charge in [-0.05, 0) is 48.6 Å². The van der Waals surface area contributed by atoms with Crippen molar-refractivity contribution in [3.05, 3.63) is 64.7 Å². The second-order valence-electron chi connectivity index (χ2n) is 7.21. The molecule has 0 aliphatic heterocycles. The van der Waals surface area contributed by atoms with Crippen molar-refractivity contribution in [2.24, 2.45) is 0 Å². The molecule has 0 spiro atoms. The Labute approximate surface area is 162 Å². The van der Waals surface area contributed by atoms with E-state index in [1.807, 2.05) is 0 Å². The predicted octanol–water partition coefficient (Wildman–Crippen LogP) is 6.77. The average molecular weight is 364 g/mol. The third-order valence-electron chi connectivity index (χ3n) is 4.99. The van der Waals surface area contributed by atoms with Gasteiger partial charge in [-0.1, -0.05) is 67.8 Å². The molecule has 0 N–H and O–H groups in total. The molecule has 3 nitrogen and oxygen atoms in total. The Bertz CT molecular complexity index is 836. The van der Waals surface area contributed by atoms with Gasteiger partial charge in [0.15, 0.2) is 0 Å². The summed E-state index contributed by atoms with van der Waals surface area (Å²) in [6.07, 6.45) is 7.03. The van der Waals surface area contributed by atoms with Crippen molar-refractivity contribution in [3.8, 4) is 11.1 Å². The quantitative estimate of drug-likeness (QED) is 0.419. The van der Waals surface area contributed by atoms with E-state index in [1.54, 1.807) is 0 Å². The van der Waals surface area contributed by atoms with Crippen molar-refractivity contribution >= 4 is 12.2 Å². The lowest BCUT2D eigenvalue weighted by atomic mass is 9.90. The van der Waals surface area contributed by atoms with E-state index in [9.17, 15) is 4.79 Å². The highest BCUT2D eigenvalue weighted by molar-refractivity contribution is 5.73. The number of ether oxygens (including phenoxy) is 2. The van der Waals surface area contributed by atoms with Crippen LogP contribution in [0.25, 0.3) is 17.2 Å². The number of aryl methyl sites for hydroxylation is 2. The van der Waals surface area contributed by atoms with Crippen molar-refractivity contribution in [2.75, 3.05) is 6.61 Å². The van der Waals surface area contributed by atoms with Crippen LogP contribution in [0.5, 0.6) is 0 Å². The van der Waals surface area contributed by atoms with Crippen LogP contribution in [0, 0.1) is 13.8 Å². The summed E-state index contributed by atoms with van der Waals surface area (Å²) < 4.78 is 10.8. The van der Waals surface area contributed by atoms with Crippen LogP contribution in [0.2, 0.25) is 0 Å². The Balaban J connectivity index is 1.74. The summed E-state index contributed by atoms with van der Waals surface area (Å²) in [6, 6.07) is 12.9. The van der Waals surface area contributed by atoms with Gasteiger partial charge >= 0.3 is 6.16 Å². The van der Waals surface area contributed by atoms with Gasteiger partial charge in [0.25, 0.3) is 0 Å². The van der Waals surface area contributed by atoms with Crippen molar-refractivity contribution in [1.82, 2.24) is 0 Å². The molecule has 1 atom stereocenters. The Hall–Kier alpha value is -2.55. The van der Waals surface area contributed by atoms with E-state index in [2.05, 4.69) is 69.3 Å². The maximum Gasteiger partial charge on any atom is 0.508 e. The fraction of sp³-hybridized carbons (Fsp3) is 0.375. The minimum absolute atomic E-state index is 0.281. The fourth-order valence-corrected chi connectivity index (χ4v) is 3.44. The third-order valence-corrected chi connectivity index (χ3v) is 4.99. The molecule has 142 valence electrons. The molecule has 27 heavy (non-hydrogen) atoms. The van der Waals surface area contributed by atoms with Crippen LogP contribution < -0.4 is 0 Å². The number of carbonyl (C=O) groups is 1. The summed E-state index contributed by atoms with van der Waals surface area (Å²) >= 11 is 0. The van der Waals surface area contributed by atoms with Crippen LogP contribution >= 0.6 is 0 Å². The molecule has 3 rings (SSSR count). The summed E-state index contributed by atoms with van der Waals surface area (Å²) in [5, 5.41) is 0. The molecule has 0 radical (unpaired) electrons. The molecule has 2 aromatic carbocycles. The van der Waals surface area contributed by atoms with Crippen molar-refractivity contribution < 1.29 is 14.3 Å². The number of fused-ring (bicyclic) bond motifs is 1. The molecular formula is C24H28O3. The first kappa shape index (κ1) is 19.2. The van der Waals surface area contributed by atoms with Gasteiger partial charge in [-0.2, -0.15) is 0 Å². The largest absolute Gasteiger partial charge is 0.508 e. The highest BCUT2D eigenvalue weighted by Crippen LogP contribution is 2.35. The maximum atomic E-state index is 12.0. The first-order valence-corrected chi connectivity index (χ1v) is 9.80. The number of benzene rings is 2. The van der Waals surface area contributed by atoms with E-state index in [4.69, 9.17) is 9.47 Å². The lowest BCUT2D eigenvalue weighted by Gasteiger charge is -2.22. The first-order valence-electron chi connectivity index (χ1n) is 9.80. The van der Waals surface area contributed by atoms with Gasteiger partial charge in [0.05, 0.1) is 6.61 Å². The van der Waals surface area contributed by atoms with Crippen molar-refractivity contribution in [3.63, 3.8) is 0 Å². The summed E-state index contributed by atoms with van der Waals surface area (Å²) in [4.78, 5) is 12.0. The van der Waals surface area contributed by atoms with Crippen LogP contribution in [0.1, 0.15) is 61.0 Å². The Morgan fingerprint density at radius 1 is 1.11 bits per heavy atom. The first-order chi connectivity index (χ1) is 13.1. The molecule has 0 fully saturated rings. The summed E-state index contributed by atoms with van der Waals surface area (Å²) in [5.74, 6) is 0. The molecule has 1 aliphatic carbocycles. The maximum absolute atomic E-state index is 12.0. The smallest absolute Gasteiger partial charge is 0.434 e. The molecule has 0 aromatic heterocycles. The van der Waals surface area contributed by atoms with Gasteiger partial charge in [0, 0.05) is 12.0 Å². The summed E-state index contributed by atoms with van der Waals surface area (Å²) in [5.41, 5.74) is 7.06. The Morgan fingerprint density at radius 2 is 1.96 bits per heavy atom. The molecular weight excluding hydrogens is 336 g/mol. The molecule has 0 amide bonds. The Morgan fingerprint density at radius 3 is 2.78 bits per heavy atom. The van der Waals surface area contributed by atoms with E-state index in [1.165, 1.54) is 22.3 Å². The zero-order chi connectivity index (χ0) is 19.2. The lowest BCUT2D eigenvalue weighted by Crippen LogP contribution is -2.15. The van der Waals surface area contributed by atoms with Crippen LogP contribution in [-0.2, 0) is 9.47 Å². The standard InChI is InChI=1S/C24H28O3/c1-4-5-6-14-26-24(25)27-23-9-7-8-19-16-20(12-13-21(19)23)22-15-17(2)10-11-18(22)3/h7-8,10-13,15-16,23H,4-6,9,14H2,1-3H3. The monoisotopic (exact) mass is 364 g/mol. The molecule has 0 saturated heterocycles. The summed E-state index contributed by atoms with van der Waals surface area (Å²) in [6.45, 7) is 6.78. The van der Waals surface area contributed by atoms with Gasteiger partial charge in [0.1, 0.15) is 6.10 Å². The molecule has 0 bridgehead atoms. The van der Waals surface area contributed by atoms with Crippen LogP contribution in [0.4, 0.5) is 4.79 Å². The normalized spacial score (nSPS) is 15.3. The molecule has 1 aliphatic rings. The van der Waals surface area contributed by atoms with Crippen molar-refractivity contribution in [1.29, 1.82) is 0 Å². The van der Waals surface area contributed by atoms with E-state index >= 15 is 0 Å². The third kappa shape index (κ3) is 4.79. The number of unbranched alkanes of at least 4 members (excludes halogenated alkanes) is 2. The zero-order valence-corrected chi connectivity index (χ0v) is 16.5. The van der Waals surface area contributed by atoms with Gasteiger partial charge in [-0.3, -0.25) is 0 Å². The predicted molar refractivity (Wildman–Crippen MR) is 110 cm³/mol. The van der Waals surface area contributed by atoms with Gasteiger partial charge in [-0.15, -0.1) is 0 Å². The zero-order valence-electron chi connectivity index (χ0n) is 16.5. The van der Waals surface area contributed by atoms with Gasteiger partial charge in [0.2, 0.25) is 0 Å². The van der Waals surface area contributed by atoms with Crippen LogP contribution in [0.15, 0.2) is 42.5 Å². The van der Waals surface area contributed by atoms with Crippen LogP contribution in [-0.4, -0.2) is 12.8 Å². The van der Waals surface area contributed by atoms with Crippen molar-refractivity contribution in [2.45, 2.75) is 52.6 Å². The lowest BCUT2D eigenvalue weighted by molar-refractivity contribution is 0.0224. The SMILES string of the molecule is CCCCCOC(=O)OC1CC=Cc2cc(-c3cc(C)ccc3C)ccc21. The summed E-state index contributed by atoms with van der Waals surface area (Å²) in [7, 11) is 0. The minimum atomic E-state index is -0.573. The number of carbonyl (C=O) groups excluding carboxylic acids is 1. The van der Waals surface area contributed by atoms with Gasteiger partial charge < -0.3 is 9.47 Å². The highest BCUT2D eigenvalue weighted by atomic mass is 16.7. The second kappa shape index (κ2) is 8.90. The number of hydrogen-bond acceptors (Lipinski definition) is 3. The van der Waals surface area contributed by atoms with E-state index in [0.29, 0.717) is 13.0 Å². The van der Waals surface area contributed by atoms with E-state index < -0.39 is 6.16 Å². The Kier molecular flexibility index (Phi) is 6.33. The van der Waals surface area contributed by atoms with Gasteiger partial charge in [-0.25, -0.2) is 4.79 Å². The molecule has 0 saturated carbocycles. The van der Waals surface area contributed by atoms with E-state index in [-0.39, 0.29) is 6.10 Å². The number of rotatable bonds is 6. The average Bonchev–Trinajstić information content (AvgIpc) is 2.67. The minimum Gasteiger partial charge on any atom is -0.434 e.